The van der Waals surface area contributed by atoms with Crippen molar-refractivity contribution in [1.82, 2.24) is 4.90 Å². The lowest BCUT2D eigenvalue weighted by Gasteiger charge is -2.17. The Morgan fingerprint density at radius 2 is 1.75 bits per heavy atom. The van der Waals surface area contributed by atoms with Crippen LogP contribution in [0.15, 0.2) is 72.2 Å². The van der Waals surface area contributed by atoms with Crippen molar-refractivity contribution in [3.05, 3.63) is 72.2 Å². The highest BCUT2D eigenvalue weighted by Crippen LogP contribution is 2.12. The maximum absolute atomic E-state index is 10.9. The maximum atomic E-state index is 10.9. The van der Waals surface area contributed by atoms with E-state index < -0.39 is 0 Å². The summed E-state index contributed by atoms with van der Waals surface area (Å²) >= 11 is 0. The number of ketones is 1. The molecule has 0 radical (unpaired) electrons. The van der Waals surface area contributed by atoms with Gasteiger partial charge in [-0.05, 0) is 36.0 Å². The summed E-state index contributed by atoms with van der Waals surface area (Å²) < 4.78 is 0. The summed E-state index contributed by atoms with van der Waals surface area (Å²) in [5.41, 5.74) is 2.15. The van der Waals surface area contributed by atoms with E-state index in [-0.39, 0.29) is 5.78 Å². The van der Waals surface area contributed by atoms with Crippen molar-refractivity contribution in [2.24, 2.45) is 0 Å². The average molecular weight is 211 g/mol. The Morgan fingerprint density at radius 3 is 2.44 bits per heavy atom. The van der Waals surface area contributed by atoms with Gasteiger partial charge in [0.2, 0.25) is 0 Å². The van der Waals surface area contributed by atoms with Gasteiger partial charge in [-0.3, -0.25) is 4.79 Å². The molecule has 16 heavy (non-hydrogen) atoms. The standard InChI is InChI=1S/C14H13NO/c1-15-11-3-2-4-13(15)8-5-12-6-9-14(16)10-7-12/h2-11H,1H3/b13-8-. The van der Waals surface area contributed by atoms with Gasteiger partial charge in [0.25, 0.3) is 0 Å². The van der Waals surface area contributed by atoms with E-state index in [1.165, 1.54) is 0 Å². The number of likely N-dealkylation sites (N-methyl/N-ethyl adjacent to an activating group) is 1. The molecule has 0 aromatic heterocycles. The van der Waals surface area contributed by atoms with Crippen LogP contribution in [0.4, 0.5) is 0 Å². The average Bonchev–Trinajstić information content (AvgIpc) is 2.30. The summed E-state index contributed by atoms with van der Waals surface area (Å²) in [6.45, 7) is 0. The zero-order chi connectivity index (χ0) is 11.4. The number of hydrogen-bond donors (Lipinski definition) is 0. The van der Waals surface area contributed by atoms with Crippen molar-refractivity contribution in [2.45, 2.75) is 0 Å². The molecular formula is C14H13NO. The lowest BCUT2D eigenvalue weighted by atomic mass is 10.1. The van der Waals surface area contributed by atoms with Gasteiger partial charge in [-0.15, -0.1) is 0 Å². The molecule has 0 atom stereocenters. The minimum atomic E-state index is 0.0439. The van der Waals surface area contributed by atoms with E-state index in [1.54, 1.807) is 12.2 Å². The Kier molecular flexibility index (Phi) is 3.01. The van der Waals surface area contributed by atoms with Crippen LogP contribution in [0.2, 0.25) is 0 Å². The molecule has 0 N–H and O–H groups in total. The van der Waals surface area contributed by atoms with Crippen molar-refractivity contribution >= 4 is 5.78 Å². The third kappa shape index (κ3) is 2.48. The van der Waals surface area contributed by atoms with Crippen LogP contribution in [0.3, 0.4) is 0 Å². The van der Waals surface area contributed by atoms with Crippen LogP contribution >= 0.6 is 0 Å². The molecule has 2 aliphatic rings. The number of nitrogens with zero attached hydrogens (tertiary/aromatic N) is 1. The minimum Gasteiger partial charge on any atom is -0.351 e. The summed E-state index contributed by atoms with van der Waals surface area (Å²) in [5, 5.41) is 0. The van der Waals surface area contributed by atoms with E-state index in [9.17, 15) is 4.79 Å². The van der Waals surface area contributed by atoms with Gasteiger partial charge in [-0.1, -0.05) is 24.3 Å². The maximum Gasteiger partial charge on any atom is 0.178 e. The van der Waals surface area contributed by atoms with E-state index in [1.807, 2.05) is 60.7 Å². The largest absolute Gasteiger partial charge is 0.351 e. The highest BCUT2D eigenvalue weighted by Gasteiger charge is 2.00. The van der Waals surface area contributed by atoms with Gasteiger partial charge >= 0.3 is 0 Å². The first-order chi connectivity index (χ1) is 7.75. The molecule has 0 saturated carbocycles. The molecular weight excluding hydrogens is 198 g/mol. The van der Waals surface area contributed by atoms with Gasteiger partial charge in [0, 0.05) is 18.9 Å². The number of rotatable bonds is 1. The summed E-state index contributed by atoms with van der Waals surface area (Å²) in [5.74, 6) is 0.0439. The molecule has 1 aliphatic carbocycles. The summed E-state index contributed by atoms with van der Waals surface area (Å²) in [4.78, 5) is 13.0. The second-order valence-corrected chi connectivity index (χ2v) is 3.64. The highest BCUT2D eigenvalue weighted by molar-refractivity contribution is 6.01. The molecule has 2 nitrogen and oxygen atoms in total. The van der Waals surface area contributed by atoms with E-state index in [4.69, 9.17) is 0 Å². The quantitative estimate of drug-likeness (QED) is 0.664. The van der Waals surface area contributed by atoms with Crippen molar-refractivity contribution in [3.63, 3.8) is 0 Å². The van der Waals surface area contributed by atoms with E-state index in [0.717, 1.165) is 11.3 Å². The molecule has 0 fully saturated rings. The van der Waals surface area contributed by atoms with Gasteiger partial charge in [-0.2, -0.15) is 0 Å². The van der Waals surface area contributed by atoms with Crippen LogP contribution in [-0.2, 0) is 4.79 Å². The smallest absolute Gasteiger partial charge is 0.178 e. The molecule has 0 aromatic rings. The molecule has 0 saturated heterocycles. The fourth-order valence-electron chi connectivity index (χ4n) is 1.47. The molecule has 2 rings (SSSR count). The number of hydrogen-bond acceptors (Lipinski definition) is 2. The Hall–Kier alpha value is -2.09. The van der Waals surface area contributed by atoms with Crippen molar-refractivity contribution in [3.8, 4) is 0 Å². The Labute approximate surface area is 95.3 Å². The number of carbonyl (C=O) groups is 1. The third-order valence-corrected chi connectivity index (χ3v) is 2.42. The third-order valence-electron chi connectivity index (χ3n) is 2.42. The van der Waals surface area contributed by atoms with E-state index in [2.05, 4.69) is 0 Å². The zero-order valence-corrected chi connectivity index (χ0v) is 9.13. The van der Waals surface area contributed by atoms with Crippen LogP contribution in [0.25, 0.3) is 0 Å². The minimum absolute atomic E-state index is 0.0439. The Balaban J connectivity index is 2.14. The predicted octanol–water partition coefficient (Wildman–Crippen LogP) is 2.51. The second-order valence-electron chi connectivity index (χ2n) is 3.64. The lowest BCUT2D eigenvalue weighted by molar-refractivity contribution is -0.110. The highest BCUT2D eigenvalue weighted by atomic mass is 16.1. The zero-order valence-electron chi connectivity index (χ0n) is 9.13. The topological polar surface area (TPSA) is 20.3 Å². The number of carbonyl (C=O) groups excluding carboxylic acids is 1. The fraction of sp³-hybridized carbons (Fsp3) is 0.0714. The normalized spacial score (nSPS) is 21.1. The Morgan fingerprint density at radius 1 is 1.00 bits per heavy atom. The summed E-state index contributed by atoms with van der Waals surface area (Å²) in [6, 6.07) is 0. The Bertz CT molecular complexity index is 455. The van der Waals surface area contributed by atoms with Gasteiger partial charge < -0.3 is 4.90 Å². The van der Waals surface area contributed by atoms with Gasteiger partial charge in [0.15, 0.2) is 5.78 Å². The monoisotopic (exact) mass is 211 g/mol. The van der Waals surface area contributed by atoms with Crippen LogP contribution < -0.4 is 0 Å². The lowest BCUT2D eigenvalue weighted by Crippen LogP contribution is -2.09. The van der Waals surface area contributed by atoms with Crippen LogP contribution in [0.5, 0.6) is 0 Å². The van der Waals surface area contributed by atoms with Crippen LogP contribution in [0.1, 0.15) is 0 Å². The molecule has 1 heterocycles. The first-order valence-electron chi connectivity index (χ1n) is 5.15. The molecule has 0 bridgehead atoms. The fourth-order valence-corrected chi connectivity index (χ4v) is 1.47. The first-order valence-corrected chi connectivity index (χ1v) is 5.15. The number of allylic oxidation sites excluding steroid dienone is 10. The van der Waals surface area contributed by atoms with Gasteiger partial charge in [0.1, 0.15) is 0 Å². The second kappa shape index (κ2) is 4.62. The van der Waals surface area contributed by atoms with Gasteiger partial charge in [-0.25, -0.2) is 0 Å². The molecule has 2 heteroatoms. The van der Waals surface area contributed by atoms with E-state index in [0.29, 0.717) is 0 Å². The van der Waals surface area contributed by atoms with Crippen molar-refractivity contribution in [1.29, 1.82) is 0 Å². The molecule has 0 spiro atoms. The van der Waals surface area contributed by atoms with Crippen LogP contribution in [-0.4, -0.2) is 17.7 Å². The summed E-state index contributed by atoms with van der Waals surface area (Å²) in [6.07, 6.45) is 18.8. The van der Waals surface area contributed by atoms with Crippen molar-refractivity contribution < 1.29 is 4.79 Å². The first kappa shape index (κ1) is 10.4. The molecule has 1 aliphatic heterocycles. The molecule has 0 aromatic carbocycles. The molecule has 0 amide bonds. The predicted molar refractivity (Wildman–Crippen MR) is 65.5 cm³/mol. The SMILES string of the molecule is CN1C=CC=C/C1=C/C=C1C=CC(=O)C=C1. The summed E-state index contributed by atoms with van der Waals surface area (Å²) in [7, 11) is 2.00. The van der Waals surface area contributed by atoms with E-state index >= 15 is 0 Å². The molecule has 0 unspecified atom stereocenters. The van der Waals surface area contributed by atoms with Crippen LogP contribution in [0, 0.1) is 0 Å². The van der Waals surface area contributed by atoms with Gasteiger partial charge in [0.05, 0.1) is 0 Å². The molecule has 80 valence electrons. The van der Waals surface area contributed by atoms with Crippen molar-refractivity contribution in [2.75, 3.05) is 7.05 Å².